The Morgan fingerprint density at radius 2 is 2.26 bits per heavy atom. The lowest BCUT2D eigenvalue weighted by Gasteiger charge is -2.44. The summed E-state index contributed by atoms with van der Waals surface area (Å²) in [5.74, 6) is 1.02. The summed E-state index contributed by atoms with van der Waals surface area (Å²) in [6, 6.07) is 5.01. The number of nitrogens with zero attached hydrogens (tertiary/aromatic N) is 3. The summed E-state index contributed by atoms with van der Waals surface area (Å²) < 4.78 is 0. The van der Waals surface area contributed by atoms with Crippen molar-refractivity contribution in [1.29, 1.82) is 0 Å². The molecule has 0 saturated carbocycles. The summed E-state index contributed by atoms with van der Waals surface area (Å²) in [6.45, 7) is 5.98. The monoisotopic (exact) mass is 260 g/mol. The predicted molar refractivity (Wildman–Crippen MR) is 78.3 cm³/mol. The molecule has 19 heavy (non-hydrogen) atoms. The van der Waals surface area contributed by atoms with E-state index in [1.165, 1.54) is 51.0 Å². The van der Waals surface area contributed by atoms with Gasteiger partial charge in [-0.2, -0.15) is 0 Å². The van der Waals surface area contributed by atoms with Crippen molar-refractivity contribution in [3.05, 3.63) is 23.9 Å². The number of pyridine rings is 1. The van der Waals surface area contributed by atoms with Crippen LogP contribution in [0.1, 0.15) is 24.8 Å². The summed E-state index contributed by atoms with van der Waals surface area (Å²) in [7, 11) is 1.95. The highest BCUT2D eigenvalue weighted by molar-refractivity contribution is 5.42. The molecule has 0 amide bonds. The third-order valence-electron chi connectivity index (χ3n) is 4.44. The first kappa shape index (κ1) is 12.9. The fourth-order valence-electron chi connectivity index (χ4n) is 3.40. The van der Waals surface area contributed by atoms with E-state index in [1.807, 2.05) is 19.3 Å². The Balaban J connectivity index is 1.64. The topological polar surface area (TPSA) is 31.4 Å². The van der Waals surface area contributed by atoms with E-state index in [4.69, 9.17) is 0 Å². The van der Waals surface area contributed by atoms with Crippen molar-refractivity contribution < 1.29 is 0 Å². The van der Waals surface area contributed by atoms with E-state index in [0.29, 0.717) is 0 Å². The molecule has 1 N–H and O–H groups in total. The molecule has 0 aromatic carbocycles. The largest absolute Gasteiger partial charge is 0.373 e. The molecule has 1 atom stereocenters. The van der Waals surface area contributed by atoms with Crippen LogP contribution in [0.4, 0.5) is 5.82 Å². The van der Waals surface area contributed by atoms with Crippen LogP contribution in [-0.4, -0.2) is 54.1 Å². The molecule has 4 nitrogen and oxygen atoms in total. The van der Waals surface area contributed by atoms with Gasteiger partial charge in [0.2, 0.25) is 0 Å². The molecule has 0 aliphatic carbocycles. The standard InChI is InChI=1S/C15H24N4/c1-16-15-13(5-4-7-17-15)11-18-9-10-19-8-3-2-6-14(19)12-18/h4-5,7,14H,2-3,6,8-12H2,1H3,(H,16,17). The van der Waals surface area contributed by atoms with E-state index < -0.39 is 0 Å². The van der Waals surface area contributed by atoms with Crippen LogP contribution in [-0.2, 0) is 6.54 Å². The van der Waals surface area contributed by atoms with Crippen LogP contribution in [0.25, 0.3) is 0 Å². The first-order valence-corrected chi connectivity index (χ1v) is 7.45. The van der Waals surface area contributed by atoms with Gasteiger partial charge >= 0.3 is 0 Å². The Labute approximate surface area is 115 Å². The second kappa shape index (κ2) is 5.88. The SMILES string of the molecule is CNc1ncccc1CN1CCN2CCCCC2C1. The zero-order chi connectivity index (χ0) is 13.1. The minimum absolute atomic E-state index is 0.789. The number of rotatable bonds is 3. The van der Waals surface area contributed by atoms with Crippen LogP contribution < -0.4 is 5.32 Å². The fraction of sp³-hybridized carbons (Fsp3) is 0.667. The zero-order valence-corrected chi connectivity index (χ0v) is 11.8. The van der Waals surface area contributed by atoms with Crippen molar-refractivity contribution in [2.45, 2.75) is 31.8 Å². The van der Waals surface area contributed by atoms with Crippen molar-refractivity contribution in [1.82, 2.24) is 14.8 Å². The number of hydrogen-bond acceptors (Lipinski definition) is 4. The summed E-state index contributed by atoms with van der Waals surface area (Å²) in [4.78, 5) is 9.67. The molecule has 0 bridgehead atoms. The first-order chi connectivity index (χ1) is 9.36. The number of nitrogens with one attached hydrogen (secondary N) is 1. The van der Waals surface area contributed by atoms with Crippen molar-refractivity contribution in [3.63, 3.8) is 0 Å². The quantitative estimate of drug-likeness (QED) is 0.898. The Morgan fingerprint density at radius 1 is 1.32 bits per heavy atom. The maximum absolute atomic E-state index is 4.40. The molecular formula is C15H24N4. The minimum atomic E-state index is 0.789. The molecule has 1 unspecified atom stereocenters. The van der Waals surface area contributed by atoms with Crippen LogP contribution in [0.5, 0.6) is 0 Å². The molecule has 0 radical (unpaired) electrons. The van der Waals surface area contributed by atoms with Gasteiger partial charge in [0, 0.05) is 51.0 Å². The van der Waals surface area contributed by atoms with Gasteiger partial charge in [0.05, 0.1) is 0 Å². The van der Waals surface area contributed by atoms with Crippen LogP contribution in [0.15, 0.2) is 18.3 Å². The molecule has 2 aliphatic rings. The highest BCUT2D eigenvalue weighted by Crippen LogP contribution is 2.23. The van der Waals surface area contributed by atoms with E-state index >= 15 is 0 Å². The summed E-state index contributed by atoms with van der Waals surface area (Å²) in [6.07, 6.45) is 6.03. The van der Waals surface area contributed by atoms with Gasteiger partial charge in [0.15, 0.2) is 0 Å². The molecule has 4 heteroatoms. The molecule has 1 aromatic rings. The third-order valence-corrected chi connectivity index (χ3v) is 4.44. The van der Waals surface area contributed by atoms with Gasteiger partial charge in [-0.15, -0.1) is 0 Å². The van der Waals surface area contributed by atoms with E-state index in [0.717, 1.165) is 18.4 Å². The lowest BCUT2D eigenvalue weighted by atomic mass is 9.99. The molecule has 3 rings (SSSR count). The third kappa shape index (κ3) is 2.90. The maximum atomic E-state index is 4.40. The average molecular weight is 260 g/mol. The van der Waals surface area contributed by atoms with E-state index in [1.54, 1.807) is 0 Å². The van der Waals surface area contributed by atoms with Crippen molar-refractivity contribution in [2.24, 2.45) is 0 Å². The molecule has 3 heterocycles. The minimum Gasteiger partial charge on any atom is -0.373 e. The number of anilines is 1. The van der Waals surface area contributed by atoms with Crippen molar-refractivity contribution in [2.75, 3.05) is 38.5 Å². The van der Waals surface area contributed by atoms with Crippen LogP contribution in [0.3, 0.4) is 0 Å². The Kier molecular flexibility index (Phi) is 3.99. The second-order valence-corrected chi connectivity index (χ2v) is 5.68. The Hall–Kier alpha value is -1.13. The number of fused-ring (bicyclic) bond motifs is 1. The smallest absolute Gasteiger partial charge is 0.130 e. The van der Waals surface area contributed by atoms with E-state index in [2.05, 4.69) is 26.2 Å². The molecule has 2 fully saturated rings. The molecule has 1 aromatic heterocycles. The van der Waals surface area contributed by atoms with Gasteiger partial charge in [0.25, 0.3) is 0 Å². The molecular weight excluding hydrogens is 236 g/mol. The van der Waals surface area contributed by atoms with Gasteiger partial charge in [0.1, 0.15) is 5.82 Å². The van der Waals surface area contributed by atoms with Crippen LogP contribution >= 0.6 is 0 Å². The molecule has 2 saturated heterocycles. The number of piperazine rings is 1. The van der Waals surface area contributed by atoms with E-state index in [-0.39, 0.29) is 0 Å². The normalized spacial score (nSPS) is 25.0. The second-order valence-electron chi connectivity index (χ2n) is 5.68. The van der Waals surface area contributed by atoms with Crippen LogP contribution in [0, 0.1) is 0 Å². The van der Waals surface area contributed by atoms with Crippen molar-refractivity contribution >= 4 is 5.82 Å². The highest BCUT2D eigenvalue weighted by atomic mass is 15.3. The number of hydrogen-bond donors (Lipinski definition) is 1. The zero-order valence-electron chi connectivity index (χ0n) is 11.8. The Morgan fingerprint density at radius 3 is 3.16 bits per heavy atom. The summed E-state index contributed by atoms with van der Waals surface area (Å²) >= 11 is 0. The fourth-order valence-corrected chi connectivity index (χ4v) is 3.40. The summed E-state index contributed by atoms with van der Waals surface area (Å²) in [5.41, 5.74) is 1.31. The maximum Gasteiger partial charge on any atom is 0.130 e. The summed E-state index contributed by atoms with van der Waals surface area (Å²) in [5, 5.41) is 3.19. The molecule has 2 aliphatic heterocycles. The number of piperidine rings is 1. The highest BCUT2D eigenvalue weighted by Gasteiger charge is 2.28. The van der Waals surface area contributed by atoms with Crippen LogP contribution in [0.2, 0.25) is 0 Å². The van der Waals surface area contributed by atoms with Crippen molar-refractivity contribution in [3.8, 4) is 0 Å². The van der Waals surface area contributed by atoms with Gasteiger partial charge in [-0.25, -0.2) is 4.98 Å². The molecule has 104 valence electrons. The van der Waals surface area contributed by atoms with Gasteiger partial charge < -0.3 is 5.32 Å². The average Bonchev–Trinajstić information content (AvgIpc) is 2.48. The number of aromatic nitrogens is 1. The van der Waals surface area contributed by atoms with Gasteiger partial charge in [-0.3, -0.25) is 9.80 Å². The first-order valence-electron chi connectivity index (χ1n) is 7.45. The van der Waals surface area contributed by atoms with E-state index in [9.17, 15) is 0 Å². The predicted octanol–water partition coefficient (Wildman–Crippen LogP) is 1.79. The Bertz CT molecular complexity index is 420. The lowest BCUT2D eigenvalue weighted by molar-refractivity contribution is 0.0457. The molecule has 0 spiro atoms. The lowest BCUT2D eigenvalue weighted by Crippen LogP contribution is -2.54. The van der Waals surface area contributed by atoms with Gasteiger partial charge in [-0.05, 0) is 25.5 Å². The van der Waals surface area contributed by atoms with Gasteiger partial charge in [-0.1, -0.05) is 12.5 Å².